The molecular formula is C11H21N. The third-order valence-corrected chi connectivity index (χ3v) is 3.78. The van der Waals surface area contributed by atoms with Crippen molar-refractivity contribution in [1.82, 2.24) is 0 Å². The highest BCUT2D eigenvalue weighted by Gasteiger charge is 2.46. The van der Waals surface area contributed by atoms with Gasteiger partial charge in [-0.15, -0.1) is 0 Å². The summed E-state index contributed by atoms with van der Waals surface area (Å²) in [5, 5.41) is 0. The number of hydrogen-bond donors (Lipinski definition) is 1. The van der Waals surface area contributed by atoms with Crippen molar-refractivity contribution in [3.63, 3.8) is 0 Å². The normalized spacial score (nSPS) is 37.8. The smallest absolute Gasteiger partial charge is 0.00492 e. The van der Waals surface area contributed by atoms with Gasteiger partial charge in [-0.05, 0) is 42.9 Å². The summed E-state index contributed by atoms with van der Waals surface area (Å²) in [5.74, 6) is 0. The molecule has 0 saturated heterocycles. The predicted molar refractivity (Wildman–Crippen MR) is 51.9 cm³/mol. The summed E-state index contributed by atoms with van der Waals surface area (Å²) in [6.07, 6.45) is 8.30. The maximum Gasteiger partial charge on any atom is 0.00492 e. The molecule has 0 bridgehead atoms. The van der Waals surface area contributed by atoms with Crippen LogP contribution in [0.25, 0.3) is 0 Å². The summed E-state index contributed by atoms with van der Waals surface area (Å²) in [6.45, 7) is 4.76. The van der Waals surface area contributed by atoms with Crippen molar-refractivity contribution in [2.75, 3.05) is 0 Å². The van der Waals surface area contributed by atoms with Gasteiger partial charge in [-0.2, -0.15) is 0 Å². The summed E-state index contributed by atoms with van der Waals surface area (Å²) >= 11 is 0. The van der Waals surface area contributed by atoms with E-state index in [1.54, 1.807) is 0 Å². The Morgan fingerprint density at radius 1 is 1.17 bits per heavy atom. The quantitative estimate of drug-likeness (QED) is 0.590. The molecule has 2 aliphatic rings. The first-order valence-corrected chi connectivity index (χ1v) is 5.27. The predicted octanol–water partition coefficient (Wildman–Crippen LogP) is 2.69. The monoisotopic (exact) mass is 167 g/mol. The Morgan fingerprint density at radius 2 is 1.83 bits per heavy atom. The van der Waals surface area contributed by atoms with Gasteiger partial charge in [-0.1, -0.05) is 20.3 Å². The Bertz CT molecular complexity index is 179. The minimum Gasteiger partial charge on any atom is -0.328 e. The maximum absolute atomic E-state index is 6.10. The van der Waals surface area contributed by atoms with E-state index in [0.29, 0.717) is 16.9 Å². The zero-order valence-electron chi connectivity index (χ0n) is 8.40. The van der Waals surface area contributed by atoms with E-state index >= 15 is 0 Å². The molecule has 2 N–H and O–H groups in total. The van der Waals surface area contributed by atoms with Crippen LogP contribution in [-0.4, -0.2) is 6.04 Å². The van der Waals surface area contributed by atoms with Crippen molar-refractivity contribution in [2.24, 2.45) is 16.6 Å². The molecule has 2 saturated carbocycles. The van der Waals surface area contributed by atoms with Gasteiger partial charge in [0.05, 0.1) is 0 Å². The van der Waals surface area contributed by atoms with E-state index in [1.807, 2.05) is 0 Å². The Morgan fingerprint density at radius 3 is 2.25 bits per heavy atom. The van der Waals surface area contributed by atoms with Crippen LogP contribution in [0, 0.1) is 10.8 Å². The second-order valence-electron chi connectivity index (χ2n) is 5.86. The first kappa shape index (κ1) is 8.55. The molecule has 2 fully saturated rings. The molecule has 2 aliphatic carbocycles. The molecule has 1 unspecified atom stereocenters. The maximum atomic E-state index is 6.10. The summed E-state index contributed by atoms with van der Waals surface area (Å²) in [5.41, 5.74) is 7.29. The third kappa shape index (κ3) is 1.39. The molecule has 0 aromatic carbocycles. The zero-order valence-corrected chi connectivity index (χ0v) is 8.40. The van der Waals surface area contributed by atoms with E-state index in [4.69, 9.17) is 5.73 Å². The van der Waals surface area contributed by atoms with Gasteiger partial charge in [0.15, 0.2) is 0 Å². The van der Waals surface area contributed by atoms with E-state index in [1.165, 1.54) is 38.5 Å². The molecule has 1 heteroatoms. The van der Waals surface area contributed by atoms with E-state index in [2.05, 4.69) is 13.8 Å². The van der Waals surface area contributed by atoms with Crippen molar-refractivity contribution in [1.29, 1.82) is 0 Å². The van der Waals surface area contributed by atoms with Gasteiger partial charge in [0.2, 0.25) is 0 Å². The van der Waals surface area contributed by atoms with Gasteiger partial charge < -0.3 is 5.73 Å². The summed E-state index contributed by atoms with van der Waals surface area (Å²) in [4.78, 5) is 0. The van der Waals surface area contributed by atoms with Crippen molar-refractivity contribution in [3.05, 3.63) is 0 Å². The molecule has 12 heavy (non-hydrogen) atoms. The minimum absolute atomic E-state index is 0.481. The molecule has 1 spiro atoms. The van der Waals surface area contributed by atoms with E-state index in [0.717, 1.165) is 0 Å². The average molecular weight is 167 g/mol. The van der Waals surface area contributed by atoms with Crippen LogP contribution in [0.1, 0.15) is 52.4 Å². The standard InChI is InChI=1S/C11H21N/c1-10(2)6-9(12)7-11(8-10)4-3-5-11/h9H,3-8,12H2,1-2H3. The second kappa shape index (κ2) is 2.47. The molecule has 0 aliphatic heterocycles. The third-order valence-electron chi connectivity index (χ3n) is 3.78. The van der Waals surface area contributed by atoms with Gasteiger partial charge >= 0.3 is 0 Å². The molecule has 1 atom stereocenters. The topological polar surface area (TPSA) is 26.0 Å². The second-order valence-corrected chi connectivity index (χ2v) is 5.86. The molecule has 0 aromatic heterocycles. The first-order chi connectivity index (χ1) is 5.52. The molecule has 0 aromatic rings. The Kier molecular flexibility index (Phi) is 1.76. The van der Waals surface area contributed by atoms with E-state index < -0.39 is 0 Å². The average Bonchev–Trinajstić information content (AvgIpc) is 1.79. The molecule has 1 nitrogen and oxygen atoms in total. The van der Waals surface area contributed by atoms with Crippen LogP contribution in [0.4, 0.5) is 0 Å². The van der Waals surface area contributed by atoms with Gasteiger partial charge in [-0.25, -0.2) is 0 Å². The summed E-state index contributed by atoms with van der Waals surface area (Å²) < 4.78 is 0. The van der Waals surface area contributed by atoms with Crippen LogP contribution in [-0.2, 0) is 0 Å². The zero-order chi connectivity index (χ0) is 8.82. The van der Waals surface area contributed by atoms with Crippen molar-refractivity contribution in [3.8, 4) is 0 Å². The Hall–Kier alpha value is -0.0400. The number of nitrogens with two attached hydrogens (primary N) is 1. The van der Waals surface area contributed by atoms with Crippen LogP contribution in [0.3, 0.4) is 0 Å². The largest absolute Gasteiger partial charge is 0.328 e. The van der Waals surface area contributed by atoms with Crippen LogP contribution in [0.15, 0.2) is 0 Å². The highest BCUT2D eigenvalue weighted by molar-refractivity contribution is 4.99. The molecule has 70 valence electrons. The molecular weight excluding hydrogens is 146 g/mol. The lowest BCUT2D eigenvalue weighted by molar-refractivity contribution is 0.00186. The fourth-order valence-corrected chi connectivity index (χ4v) is 3.56. The lowest BCUT2D eigenvalue weighted by atomic mass is 9.54. The minimum atomic E-state index is 0.481. The lowest BCUT2D eigenvalue weighted by Crippen LogP contribution is -2.46. The molecule has 0 radical (unpaired) electrons. The fraction of sp³-hybridized carbons (Fsp3) is 1.00. The van der Waals surface area contributed by atoms with Gasteiger partial charge in [0.1, 0.15) is 0 Å². The highest BCUT2D eigenvalue weighted by atomic mass is 14.7. The molecule has 2 rings (SSSR count). The molecule has 0 heterocycles. The van der Waals surface area contributed by atoms with Gasteiger partial charge in [-0.3, -0.25) is 0 Å². The Labute approximate surface area is 75.7 Å². The van der Waals surface area contributed by atoms with Gasteiger partial charge in [0.25, 0.3) is 0 Å². The van der Waals surface area contributed by atoms with E-state index in [9.17, 15) is 0 Å². The van der Waals surface area contributed by atoms with Crippen LogP contribution < -0.4 is 5.73 Å². The lowest BCUT2D eigenvalue weighted by Gasteiger charge is -2.52. The highest BCUT2D eigenvalue weighted by Crippen LogP contribution is 2.56. The van der Waals surface area contributed by atoms with Crippen LogP contribution >= 0.6 is 0 Å². The first-order valence-electron chi connectivity index (χ1n) is 5.27. The summed E-state index contributed by atoms with van der Waals surface area (Å²) in [7, 11) is 0. The van der Waals surface area contributed by atoms with Crippen molar-refractivity contribution >= 4 is 0 Å². The van der Waals surface area contributed by atoms with E-state index in [-0.39, 0.29) is 0 Å². The SMILES string of the molecule is CC1(C)CC(N)CC2(CCC2)C1. The van der Waals surface area contributed by atoms with Gasteiger partial charge in [0, 0.05) is 6.04 Å². The summed E-state index contributed by atoms with van der Waals surface area (Å²) in [6, 6.07) is 0.481. The fourth-order valence-electron chi connectivity index (χ4n) is 3.56. The van der Waals surface area contributed by atoms with Crippen molar-refractivity contribution < 1.29 is 0 Å². The number of hydrogen-bond acceptors (Lipinski definition) is 1. The van der Waals surface area contributed by atoms with Crippen molar-refractivity contribution in [2.45, 2.75) is 58.4 Å². The number of rotatable bonds is 0. The van der Waals surface area contributed by atoms with Crippen LogP contribution in [0.5, 0.6) is 0 Å². The van der Waals surface area contributed by atoms with Crippen LogP contribution in [0.2, 0.25) is 0 Å². The Balaban J connectivity index is 2.08. The molecule has 0 amide bonds.